The monoisotopic (exact) mass is 271 g/mol. The lowest BCUT2D eigenvalue weighted by atomic mass is 9.97. The van der Waals surface area contributed by atoms with Gasteiger partial charge in [0, 0.05) is 25.5 Å². The Hall–Kier alpha value is -1.32. The summed E-state index contributed by atoms with van der Waals surface area (Å²) in [5.74, 6) is 0.852. The van der Waals surface area contributed by atoms with Crippen LogP contribution < -0.4 is 15.5 Å². The van der Waals surface area contributed by atoms with E-state index in [1.54, 1.807) is 0 Å². The van der Waals surface area contributed by atoms with Crippen molar-refractivity contribution in [3.05, 3.63) is 41.6 Å². The number of hydrogen-bond acceptors (Lipinski definition) is 3. The average molecular weight is 271 g/mol. The van der Waals surface area contributed by atoms with Crippen LogP contribution in [0.5, 0.6) is 0 Å². The van der Waals surface area contributed by atoms with Gasteiger partial charge in [0.05, 0.1) is 0 Å². The summed E-state index contributed by atoms with van der Waals surface area (Å²) in [7, 11) is 2.14. The second kappa shape index (κ2) is 6.42. The van der Waals surface area contributed by atoms with Crippen LogP contribution in [0.1, 0.15) is 18.4 Å². The first-order chi connectivity index (χ1) is 9.83. The maximum absolute atomic E-state index is 3.65. The van der Waals surface area contributed by atoms with Crippen molar-refractivity contribution in [2.45, 2.75) is 19.3 Å². The summed E-state index contributed by atoms with van der Waals surface area (Å²) < 4.78 is 0. The molecule has 3 nitrogen and oxygen atoms in total. The topological polar surface area (TPSA) is 27.3 Å². The molecule has 0 aromatic heterocycles. The Morgan fingerprint density at radius 1 is 1.25 bits per heavy atom. The van der Waals surface area contributed by atoms with Crippen molar-refractivity contribution in [3.8, 4) is 0 Å². The smallest absolute Gasteiger partial charge is 0.0439 e. The number of nitrogens with zero attached hydrogens (tertiary/aromatic N) is 1. The molecule has 108 valence electrons. The molecule has 0 amide bonds. The van der Waals surface area contributed by atoms with Crippen molar-refractivity contribution < 1.29 is 0 Å². The zero-order chi connectivity index (χ0) is 13.8. The van der Waals surface area contributed by atoms with E-state index in [4.69, 9.17) is 0 Å². The minimum absolute atomic E-state index is 0.852. The second-order valence-corrected chi connectivity index (χ2v) is 6.03. The molecule has 2 heterocycles. The lowest BCUT2D eigenvalue weighted by molar-refractivity contribution is 0.360. The molecular weight excluding hydrogens is 246 g/mol. The molecule has 0 bridgehead atoms. The van der Waals surface area contributed by atoms with E-state index in [-0.39, 0.29) is 0 Å². The highest BCUT2D eigenvalue weighted by Crippen LogP contribution is 2.27. The minimum Gasteiger partial charge on any atom is -0.351 e. The molecule has 2 aliphatic rings. The number of fused-ring (bicyclic) bond motifs is 1. The second-order valence-electron chi connectivity index (χ2n) is 6.03. The van der Waals surface area contributed by atoms with Crippen molar-refractivity contribution in [1.29, 1.82) is 0 Å². The Morgan fingerprint density at radius 3 is 2.90 bits per heavy atom. The normalized spacial score (nSPS) is 19.6. The van der Waals surface area contributed by atoms with E-state index in [1.165, 1.54) is 42.8 Å². The number of rotatable bonds is 4. The maximum Gasteiger partial charge on any atom is 0.0439 e. The molecule has 2 N–H and O–H groups in total. The van der Waals surface area contributed by atoms with Gasteiger partial charge in [-0.05, 0) is 62.0 Å². The summed E-state index contributed by atoms with van der Waals surface area (Å²) in [6, 6.07) is 8.69. The highest BCUT2D eigenvalue weighted by Gasteiger charge is 2.15. The molecule has 0 aliphatic carbocycles. The molecule has 0 saturated carbocycles. The van der Waals surface area contributed by atoms with Crippen LogP contribution in [0.2, 0.25) is 0 Å². The summed E-state index contributed by atoms with van der Waals surface area (Å²) in [6.45, 7) is 4.54. The van der Waals surface area contributed by atoms with Crippen LogP contribution in [0.25, 0.3) is 0 Å². The molecular formula is C17H25N3. The van der Waals surface area contributed by atoms with Crippen LogP contribution >= 0.6 is 0 Å². The number of nitrogens with one attached hydrogen (secondary N) is 2. The number of piperidine rings is 1. The van der Waals surface area contributed by atoms with E-state index in [0.29, 0.717) is 0 Å². The molecule has 0 atom stereocenters. The summed E-state index contributed by atoms with van der Waals surface area (Å²) in [5.41, 5.74) is 4.27. The average Bonchev–Trinajstić information content (AvgIpc) is 2.48. The SMILES string of the molecule is CN1C=C(CNCC2CCNCC2)Cc2ccccc21. The molecule has 3 heteroatoms. The Labute approximate surface area is 122 Å². The lowest BCUT2D eigenvalue weighted by Crippen LogP contribution is -2.34. The molecule has 2 aliphatic heterocycles. The van der Waals surface area contributed by atoms with Crippen LogP contribution in [0.4, 0.5) is 5.69 Å². The molecule has 1 saturated heterocycles. The third kappa shape index (κ3) is 3.22. The van der Waals surface area contributed by atoms with E-state index in [0.717, 1.165) is 25.4 Å². The lowest BCUT2D eigenvalue weighted by Gasteiger charge is -2.27. The number of anilines is 1. The van der Waals surface area contributed by atoms with Gasteiger partial charge in [-0.15, -0.1) is 0 Å². The Morgan fingerprint density at radius 2 is 2.05 bits per heavy atom. The first-order valence-corrected chi connectivity index (χ1v) is 7.74. The first-order valence-electron chi connectivity index (χ1n) is 7.74. The van der Waals surface area contributed by atoms with Gasteiger partial charge < -0.3 is 15.5 Å². The van der Waals surface area contributed by atoms with E-state index in [9.17, 15) is 0 Å². The fourth-order valence-corrected chi connectivity index (χ4v) is 3.27. The number of para-hydroxylation sites is 1. The van der Waals surface area contributed by atoms with Gasteiger partial charge in [0.1, 0.15) is 0 Å². The minimum atomic E-state index is 0.852. The van der Waals surface area contributed by atoms with Gasteiger partial charge in [0.2, 0.25) is 0 Å². The van der Waals surface area contributed by atoms with Gasteiger partial charge in [-0.2, -0.15) is 0 Å². The third-order valence-corrected chi connectivity index (χ3v) is 4.41. The van der Waals surface area contributed by atoms with E-state index >= 15 is 0 Å². The van der Waals surface area contributed by atoms with Gasteiger partial charge in [-0.3, -0.25) is 0 Å². The van der Waals surface area contributed by atoms with Gasteiger partial charge in [-0.1, -0.05) is 18.2 Å². The van der Waals surface area contributed by atoms with E-state index < -0.39 is 0 Å². The third-order valence-electron chi connectivity index (χ3n) is 4.41. The van der Waals surface area contributed by atoms with Gasteiger partial charge >= 0.3 is 0 Å². The predicted octanol–water partition coefficient (Wildman–Crippen LogP) is 2.15. The molecule has 0 unspecified atom stereocenters. The fraction of sp³-hybridized carbons (Fsp3) is 0.529. The van der Waals surface area contributed by atoms with Gasteiger partial charge in [0.15, 0.2) is 0 Å². The molecule has 1 aromatic carbocycles. The van der Waals surface area contributed by atoms with Crippen LogP contribution in [0, 0.1) is 5.92 Å². The van der Waals surface area contributed by atoms with Crippen molar-refractivity contribution in [3.63, 3.8) is 0 Å². The largest absolute Gasteiger partial charge is 0.351 e. The maximum atomic E-state index is 3.65. The van der Waals surface area contributed by atoms with Crippen molar-refractivity contribution in [1.82, 2.24) is 10.6 Å². The Kier molecular flexibility index (Phi) is 4.38. The quantitative estimate of drug-likeness (QED) is 0.879. The summed E-state index contributed by atoms with van der Waals surface area (Å²) >= 11 is 0. The molecule has 0 radical (unpaired) electrons. The van der Waals surface area contributed by atoms with Crippen molar-refractivity contribution >= 4 is 5.69 Å². The highest BCUT2D eigenvalue weighted by molar-refractivity contribution is 5.59. The molecule has 20 heavy (non-hydrogen) atoms. The Balaban J connectivity index is 1.51. The number of hydrogen-bond donors (Lipinski definition) is 2. The van der Waals surface area contributed by atoms with Crippen LogP contribution in [-0.2, 0) is 6.42 Å². The predicted molar refractivity (Wildman–Crippen MR) is 85.1 cm³/mol. The van der Waals surface area contributed by atoms with Crippen molar-refractivity contribution in [2.75, 3.05) is 38.1 Å². The highest BCUT2D eigenvalue weighted by atomic mass is 15.1. The van der Waals surface area contributed by atoms with E-state index in [1.807, 2.05) is 0 Å². The van der Waals surface area contributed by atoms with Crippen molar-refractivity contribution in [2.24, 2.45) is 5.92 Å². The van der Waals surface area contributed by atoms with Gasteiger partial charge in [0.25, 0.3) is 0 Å². The number of benzene rings is 1. The fourth-order valence-electron chi connectivity index (χ4n) is 3.27. The zero-order valence-corrected chi connectivity index (χ0v) is 12.4. The molecule has 1 aromatic rings. The van der Waals surface area contributed by atoms with Gasteiger partial charge in [-0.25, -0.2) is 0 Å². The van der Waals surface area contributed by atoms with Crippen LogP contribution in [-0.4, -0.2) is 33.2 Å². The first kappa shape index (κ1) is 13.7. The van der Waals surface area contributed by atoms with Crippen LogP contribution in [0.3, 0.4) is 0 Å². The summed E-state index contributed by atoms with van der Waals surface area (Å²) in [5, 5.41) is 7.08. The standard InChI is InChI=1S/C17H25N3/c1-20-13-15(10-16-4-2-3-5-17(16)20)12-19-11-14-6-8-18-9-7-14/h2-5,13-14,18-19H,6-12H2,1H3. The van der Waals surface area contributed by atoms with Crippen LogP contribution in [0.15, 0.2) is 36.0 Å². The summed E-state index contributed by atoms with van der Waals surface area (Å²) in [6.07, 6.45) is 6.00. The zero-order valence-electron chi connectivity index (χ0n) is 12.4. The van der Waals surface area contributed by atoms with E-state index in [2.05, 4.69) is 53.0 Å². The molecule has 0 spiro atoms. The molecule has 1 fully saturated rings. The molecule has 3 rings (SSSR count). The summed E-state index contributed by atoms with van der Waals surface area (Å²) in [4.78, 5) is 2.25. The Bertz CT molecular complexity index is 475.